The summed E-state index contributed by atoms with van der Waals surface area (Å²) in [5, 5.41) is 3.07. The molecular weight excluding hydrogens is 242 g/mol. The molecule has 1 heterocycles. The molecule has 0 bridgehead atoms. The smallest absolute Gasteiger partial charge is 0.357 e. The van der Waals surface area contributed by atoms with Gasteiger partial charge in [0, 0.05) is 12.7 Å². The first-order valence-corrected chi connectivity index (χ1v) is 6.07. The standard InChI is InChI=1S/C14H15N3O2/c1-2-19-13(18)12-8-9-15-14(17-12)16-10-11-6-4-3-5-7-11/h3-9H,2,10H2,1H3,(H,15,16,17). The quantitative estimate of drug-likeness (QED) is 0.832. The van der Waals surface area contributed by atoms with Crippen molar-refractivity contribution in [3.05, 3.63) is 53.9 Å². The fraction of sp³-hybridized carbons (Fsp3) is 0.214. The molecule has 5 nitrogen and oxygen atoms in total. The fourth-order valence-corrected chi connectivity index (χ4v) is 1.54. The normalized spacial score (nSPS) is 9.95. The van der Waals surface area contributed by atoms with Crippen LogP contribution in [0.3, 0.4) is 0 Å². The van der Waals surface area contributed by atoms with Crippen molar-refractivity contribution in [3.8, 4) is 0 Å². The number of nitrogens with one attached hydrogen (secondary N) is 1. The van der Waals surface area contributed by atoms with Crippen molar-refractivity contribution in [1.82, 2.24) is 9.97 Å². The molecule has 5 heteroatoms. The Morgan fingerprint density at radius 2 is 2.05 bits per heavy atom. The third-order valence-electron chi connectivity index (χ3n) is 2.43. The summed E-state index contributed by atoms with van der Waals surface area (Å²) in [5.41, 5.74) is 1.38. The van der Waals surface area contributed by atoms with Crippen molar-refractivity contribution in [1.29, 1.82) is 0 Å². The van der Waals surface area contributed by atoms with Crippen LogP contribution in [0.5, 0.6) is 0 Å². The lowest BCUT2D eigenvalue weighted by molar-refractivity contribution is 0.0519. The van der Waals surface area contributed by atoms with Gasteiger partial charge in [-0.25, -0.2) is 14.8 Å². The maximum absolute atomic E-state index is 11.5. The molecule has 1 aromatic carbocycles. The molecule has 0 radical (unpaired) electrons. The molecule has 2 rings (SSSR count). The average Bonchev–Trinajstić information content (AvgIpc) is 2.47. The molecule has 0 saturated carbocycles. The van der Waals surface area contributed by atoms with Gasteiger partial charge in [0.15, 0.2) is 5.69 Å². The highest BCUT2D eigenvalue weighted by molar-refractivity contribution is 5.87. The third-order valence-corrected chi connectivity index (χ3v) is 2.43. The lowest BCUT2D eigenvalue weighted by Crippen LogP contribution is -2.10. The highest BCUT2D eigenvalue weighted by Crippen LogP contribution is 2.05. The number of hydrogen-bond donors (Lipinski definition) is 1. The second-order valence-corrected chi connectivity index (χ2v) is 3.83. The number of hydrogen-bond acceptors (Lipinski definition) is 5. The summed E-state index contributed by atoms with van der Waals surface area (Å²) in [7, 11) is 0. The lowest BCUT2D eigenvalue weighted by atomic mass is 10.2. The van der Waals surface area contributed by atoms with Crippen LogP contribution in [-0.2, 0) is 11.3 Å². The summed E-state index contributed by atoms with van der Waals surface area (Å²) < 4.78 is 4.89. The van der Waals surface area contributed by atoms with Crippen LogP contribution in [0.4, 0.5) is 5.95 Å². The summed E-state index contributed by atoms with van der Waals surface area (Å²) in [6.07, 6.45) is 1.53. The van der Waals surface area contributed by atoms with E-state index in [-0.39, 0.29) is 5.69 Å². The largest absolute Gasteiger partial charge is 0.461 e. The first-order valence-electron chi connectivity index (χ1n) is 6.07. The second-order valence-electron chi connectivity index (χ2n) is 3.83. The summed E-state index contributed by atoms with van der Waals surface area (Å²) in [5.74, 6) is -0.0259. The molecule has 0 aliphatic carbocycles. The minimum Gasteiger partial charge on any atom is -0.461 e. The minimum absolute atomic E-state index is 0.257. The maximum atomic E-state index is 11.5. The summed E-state index contributed by atoms with van der Waals surface area (Å²) in [6.45, 7) is 2.69. The molecule has 98 valence electrons. The van der Waals surface area contributed by atoms with Crippen LogP contribution in [0.2, 0.25) is 0 Å². The second kappa shape index (κ2) is 6.49. The van der Waals surface area contributed by atoms with E-state index in [1.165, 1.54) is 12.3 Å². The zero-order valence-corrected chi connectivity index (χ0v) is 10.7. The van der Waals surface area contributed by atoms with E-state index in [1.54, 1.807) is 6.92 Å². The minimum atomic E-state index is -0.437. The van der Waals surface area contributed by atoms with Gasteiger partial charge in [0.25, 0.3) is 0 Å². The molecular formula is C14H15N3O2. The highest BCUT2D eigenvalue weighted by Gasteiger charge is 2.09. The average molecular weight is 257 g/mol. The van der Waals surface area contributed by atoms with Crippen molar-refractivity contribution in [2.24, 2.45) is 0 Å². The summed E-state index contributed by atoms with van der Waals surface area (Å²) >= 11 is 0. The van der Waals surface area contributed by atoms with E-state index in [0.29, 0.717) is 19.1 Å². The number of esters is 1. The first kappa shape index (κ1) is 13.0. The lowest BCUT2D eigenvalue weighted by Gasteiger charge is -2.06. The zero-order valence-electron chi connectivity index (χ0n) is 10.7. The number of nitrogens with zero attached hydrogens (tertiary/aromatic N) is 2. The number of benzene rings is 1. The molecule has 2 aromatic rings. The number of anilines is 1. The predicted octanol–water partition coefficient (Wildman–Crippen LogP) is 2.27. The van der Waals surface area contributed by atoms with Crippen LogP contribution in [0.15, 0.2) is 42.6 Å². The first-order chi connectivity index (χ1) is 9.29. The fourth-order valence-electron chi connectivity index (χ4n) is 1.54. The van der Waals surface area contributed by atoms with E-state index in [0.717, 1.165) is 5.56 Å². The van der Waals surface area contributed by atoms with Crippen molar-refractivity contribution < 1.29 is 9.53 Å². The zero-order chi connectivity index (χ0) is 13.5. The van der Waals surface area contributed by atoms with Crippen LogP contribution in [0.1, 0.15) is 23.0 Å². The van der Waals surface area contributed by atoms with Crippen LogP contribution >= 0.6 is 0 Å². The van der Waals surface area contributed by atoms with Crippen LogP contribution in [0, 0.1) is 0 Å². The van der Waals surface area contributed by atoms with E-state index in [4.69, 9.17) is 4.74 Å². The number of ether oxygens (including phenoxy) is 1. The van der Waals surface area contributed by atoms with Gasteiger partial charge in [-0.2, -0.15) is 0 Å². The topological polar surface area (TPSA) is 64.1 Å². The Labute approximate surface area is 111 Å². The Kier molecular flexibility index (Phi) is 4.44. The Hall–Kier alpha value is -2.43. The van der Waals surface area contributed by atoms with Crippen molar-refractivity contribution in [3.63, 3.8) is 0 Å². The Bertz CT molecular complexity index is 543. The van der Waals surface area contributed by atoms with Crippen molar-refractivity contribution in [2.75, 3.05) is 11.9 Å². The third kappa shape index (κ3) is 3.77. The highest BCUT2D eigenvalue weighted by atomic mass is 16.5. The Morgan fingerprint density at radius 1 is 1.26 bits per heavy atom. The number of rotatable bonds is 5. The molecule has 0 atom stereocenters. The van der Waals surface area contributed by atoms with Gasteiger partial charge in [0.05, 0.1) is 6.61 Å². The van der Waals surface area contributed by atoms with Gasteiger partial charge < -0.3 is 10.1 Å². The Morgan fingerprint density at radius 3 is 2.79 bits per heavy atom. The molecule has 0 amide bonds. The van der Waals surface area contributed by atoms with Gasteiger partial charge in [-0.05, 0) is 18.6 Å². The molecule has 0 spiro atoms. The molecule has 0 saturated heterocycles. The van der Waals surface area contributed by atoms with Gasteiger partial charge in [0.1, 0.15) is 0 Å². The van der Waals surface area contributed by atoms with Gasteiger partial charge in [-0.3, -0.25) is 0 Å². The Balaban J connectivity index is 2.01. The van der Waals surface area contributed by atoms with Crippen molar-refractivity contribution >= 4 is 11.9 Å². The van der Waals surface area contributed by atoms with Gasteiger partial charge >= 0.3 is 5.97 Å². The predicted molar refractivity (Wildman–Crippen MR) is 71.8 cm³/mol. The monoisotopic (exact) mass is 257 g/mol. The molecule has 19 heavy (non-hydrogen) atoms. The molecule has 0 fully saturated rings. The molecule has 0 aliphatic rings. The summed E-state index contributed by atoms with van der Waals surface area (Å²) in [6, 6.07) is 11.4. The van der Waals surface area contributed by atoms with Gasteiger partial charge in [-0.15, -0.1) is 0 Å². The van der Waals surface area contributed by atoms with E-state index < -0.39 is 5.97 Å². The van der Waals surface area contributed by atoms with Crippen LogP contribution < -0.4 is 5.32 Å². The van der Waals surface area contributed by atoms with E-state index in [1.807, 2.05) is 30.3 Å². The SMILES string of the molecule is CCOC(=O)c1ccnc(NCc2ccccc2)n1. The number of carbonyl (C=O) groups excluding carboxylic acids is 1. The number of carbonyl (C=O) groups is 1. The van der Waals surface area contributed by atoms with Gasteiger partial charge in [0.2, 0.25) is 5.95 Å². The van der Waals surface area contributed by atoms with E-state index in [2.05, 4.69) is 15.3 Å². The number of aromatic nitrogens is 2. The van der Waals surface area contributed by atoms with Gasteiger partial charge in [-0.1, -0.05) is 30.3 Å². The maximum Gasteiger partial charge on any atom is 0.357 e. The van der Waals surface area contributed by atoms with E-state index in [9.17, 15) is 4.79 Å². The molecule has 1 aromatic heterocycles. The molecule has 0 unspecified atom stereocenters. The van der Waals surface area contributed by atoms with E-state index >= 15 is 0 Å². The van der Waals surface area contributed by atoms with Crippen LogP contribution in [-0.4, -0.2) is 22.5 Å². The van der Waals surface area contributed by atoms with Crippen molar-refractivity contribution in [2.45, 2.75) is 13.5 Å². The van der Waals surface area contributed by atoms with Crippen LogP contribution in [0.25, 0.3) is 0 Å². The summed E-state index contributed by atoms with van der Waals surface area (Å²) in [4.78, 5) is 19.7. The molecule has 1 N–H and O–H groups in total. The molecule has 0 aliphatic heterocycles.